The van der Waals surface area contributed by atoms with Crippen molar-refractivity contribution in [1.29, 1.82) is 0 Å². The van der Waals surface area contributed by atoms with E-state index in [2.05, 4.69) is 22.8 Å². The summed E-state index contributed by atoms with van der Waals surface area (Å²) in [5.41, 5.74) is 3.93. The molecular weight excluding hydrogens is 326 g/mol. The molecule has 0 spiro atoms. The van der Waals surface area contributed by atoms with E-state index < -0.39 is 0 Å². The number of pyridine rings is 1. The molecule has 0 atom stereocenters. The highest BCUT2D eigenvalue weighted by Crippen LogP contribution is 2.27. The highest BCUT2D eigenvalue weighted by Gasteiger charge is 2.17. The fourth-order valence-corrected chi connectivity index (χ4v) is 3.87. The third kappa shape index (κ3) is 3.19. The van der Waals surface area contributed by atoms with Crippen LogP contribution in [0.1, 0.15) is 24.8 Å². The summed E-state index contributed by atoms with van der Waals surface area (Å²) in [6, 6.07) is 10.2. The number of fused-ring (bicyclic) bond motifs is 1. The van der Waals surface area contributed by atoms with Crippen molar-refractivity contribution in [2.45, 2.75) is 32.7 Å². The summed E-state index contributed by atoms with van der Waals surface area (Å²) in [4.78, 5) is 16.9. The minimum atomic E-state index is 0.0404. The quantitative estimate of drug-likeness (QED) is 0.722. The first kappa shape index (κ1) is 17.0. The van der Waals surface area contributed by atoms with Gasteiger partial charge in [-0.2, -0.15) is 0 Å². The monoisotopic (exact) mass is 351 g/mol. The lowest BCUT2D eigenvalue weighted by atomic mass is 9.96. The number of nitrogens with zero attached hydrogens (tertiary/aromatic N) is 3. The van der Waals surface area contributed by atoms with Gasteiger partial charge in [-0.05, 0) is 50.3 Å². The molecule has 1 aliphatic heterocycles. The molecule has 0 bridgehead atoms. The van der Waals surface area contributed by atoms with E-state index >= 15 is 0 Å². The molecule has 1 fully saturated rings. The Labute approximate surface area is 153 Å². The van der Waals surface area contributed by atoms with Crippen molar-refractivity contribution >= 4 is 11.0 Å². The van der Waals surface area contributed by atoms with Crippen LogP contribution in [0.2, 0.25) is 0 Å². The van der Waals surface area contributed by atoms with Gasteiger partial charge in [-0.1, -0.05) is 12.1 Å². The first-order valence-electron chi connectivity index (χ1n) is 9.34. The maximum absolute atomic E-state index is 12.1. The first-order chi connectivity index (χ1) is 12.6. The van der Waals surface area contributed by atoms with Crippen molar-refractivity contribution in [3.05, 3.63) is 52.4 Å². The maximum atomic E-state index is 12.1. The summed E-state index contributed by atoms with van der Waals surface area (Å²) < 4.78 is 9.44. The van der Waals surface area contributed by atoms with E-state index in [1.165, 1.54) is 0 Å². The number of aromatic nitrogens is 3. The van der Waals surface area contributed by atoms with Gasteiger partial charge in [-0.3, -0.25) is 4.79 Å². The van der Waals surface area contributed by atoms with E-state index in [0.29, 0.717) is 5.92 Å². The Kier molecular flexibility index (Phi) is 4.64. The lowest BCUT2D eigenvalue weighted by Gasteiger charge is -2.22. The van der Waals surface area contributed by atoms with Crippen LogP contribution in [0, 0.1) is 12.8 Å². The molecule has 1 aliphatic rings. The molecule has 1 aromatic carbocycles. The van der Waals surface area contributed by atoms with Gasteiger partial charge in [-0.25, -0.2) is 4.98 Å². The van der Waals surface area contributed by atoms with Crippen LogP contribution in [-0.4, -0.2) is 27.3 Å². The van der Waals surface area contributed by atoms with Crippen molar-refractivity contribution in [3.8, 4) is 11.4 Å². The van der Waals surface area contributed by atoms with Gasteiger partial charge in [0.05, 0.1) is 11.0 Å². The second-order valence-corrected chi connectivity index (χ2v) is 7.25. The molecule has 0 aliphatic carbocycles. The molecule has 136 valence electrons. The number of aryl methyl sites for hydroxylation is 3. The van der Waals surface area contributed by atoms with Crippen LogP contribution in [0.5, 0.6) is 0 Å². The third-order valence-corrected chi connectivity index (χ3v) is 5.38. The van der Waals surface area contributed by atoms with Crippen molar-refractivity contribution in [2.75, 3.05) is 13.2 Å². The average Bonchev–Trinajstić information content (AvgIpc) is 3.03. The van der Waals surface area contributed by atoms with E-state index in [4.69, 9.17) is 9.72 Å². The summed E-state index contributed by atoms with van der Waals surface area (Å²) in [6.45, 7) is 4.55. The second-order valence-electron chi connectivity index (χ2n) is 7.25. The van der Waals surface area contributed by atoms with Crippen LogP contribution in [0.4, 0.5) is 0 Å². The molecule has 5 heteroatoms. The smallest absolute Gasteiger partial charge is 0.253 e. The molecule has 1 saturated heterocycles. The maximum Gasteiger partial charge on any atom is 0.253 e. The molecule has 5 nitrogen and oxygen atoms in total. The average molecular weight is 351 g/mol. The molecular formula is C21H25N3O2. The molecule has 0 radical (unpaired) electrons. The van der Waals surface area contributed by atoms with E-state index in [1.807, 2.05) is 25.3 Å². The van der Waals surface area contributed by atoms with E-state index in [-0.39, 0.29) is 5.56 Å². The zero-order valence-corrected chi connectivity index (χ0v) is 15.4. The number of benzene rings is 1. The van der Waals surface area contributed by atoms with Gasteiger partial charge in [0, 0.05) is 44.1 Å². The molecule has 4 rings (SSSR count). The predicted molar refractivity (Wildman–Crippen MR) is 103 cm³/mol. The van der Waals surface area contributed by atoms with Gasteiger partial charge in [0.1, 0.15) is 5.82 Å². The first-order valence-corrected chi connectivity index (χ1v) is 9.34. The van der Waals surface area contributed by atoms with Crippen LogP contribution in [0.3, 0.4) is 0 Å². The Morgan fingerprint density at radius 3 is 2.77 bits per heavy atom. The van der Waals surface area contributed by atoms with Crippen molar-refractivity contribution < 1.29 is 4.74 Å². The van der Waals surface area contributed by atoms with Crippen LogP contribution in [0.25, 0.3) is 22.4 Å². The van der Waals surface area contributed by atoms with Crippen LogP contribution in [0.15, 0.2) is 41.3 Å². The Hall–Kier alpha value is -2.40. The molecule has 0 N–H and O–H groups in total. The molecule has 0 saturated carbocycles. The number of hydrogen-bond acceptors (Lipinski definition) is 3. The zero-order valence-electron chi connectivity index (χ0n) is 15.4. The molecule has 3 aromatic rings. The normalized spacial score (nSPS) is 15.6. The SMILES string of the molecule is Cc1cc(-c2nc3ccccc3n2CCC2CCOCC2)cn(C)c1=O. The van der Waals surface area contributed by atoms with E-state index in [0.717, 1.165) is 67.0 Å². The summed E-state index contributed by atoms with van der Waals surface area (Å²) in [5, 5.41) is 0. The Morgan fingerprint density at radius 1 is 1.23 bits per heavy atom. The fraction of sp³-hybridized carbons (Fsp3) is 0.429. The molecule has 2 aromatic heterocycles. The number of ether oxygens (including phenoxy) is 1. The summed E-state index contributed by atoms with van der Waals surface area (Å²) >= 11 is 0. The highest BCUT2D eigenvalue weighted by atomic mass is 16.5. The summed E-state index contributed by atoms with van der Waals surface area (Å²) in [6.07, 6.45) is 5.30. The lowest BCUT2D eigenvalue weighted by Crippen LogP contribution is -2.19. The minimum Gasteiger partial charge on any atom is -0.381 e. The van der Waals surface area contributed by atoms with Gasteiger partial charge >= 0.3 is 0 Å². The number of rotatable bonds is 4. The van der Waals surface area contributed by atoms with E-state index in [1.54, 1.807) is 11.6 Å². The van der Waals surface area contributed by atoms with Crippen LogP contribution in [-0.2, 0) is 18.3 Å². The van der Waals surface area contributed by atoms with Gasteiger partial charge < -0.3 is 13.9 Å². The summed E-state index contributed by atoms with van der Waals surface area (Å²) in [5.74, 6) is 1.65. The number of imidazole rings is 1. The number of hydrogen-bond donors (Lipinski definition) is 0. The second kappa shape index (κ2) is 7.08. The predicted octanol–water partition coefficient (Wildman–Crippen LogP) is 3.53. The van der Waals surface area contributed by atoms with Gasteiger partial charge in [0.2, 0.25) is 0 Å². The molecule has 26 heavy (non-hydrogen) atoms. The van der Waals surface area contributed by atoms with Crippen molar-refractivity contribution in [1.82, 2.24) is 14.1 Å². The third-order valence-electron chi connectivity index (χ3n) is 5.38. The van der Waals surface area contributed by atoms with Gasteiger partial charge in [-0.15, -0.1) is 0 Å². The minimum absolute atomic E-state index is 0.0404. The zero-order chi connectivity index (χ0) is 18.1. The Bertz CT molecular complexity index is 954. The summed E-state index contributed by atoms with van der Waals surface area (Å²) in [7, 11) is 1.80. The van der Waals surface area contributed by atoms with Crippen molar-refractivity contribution in [2.24, 2.45) is 13.0 Å². The number of para-hydroxylation sites is 2. The molecule has 3 heterocycles. The Balaban J connectivity index is 1.75. The van der Waals surface area contributed by atoms with Crippen molar-refractivity contribution in [3.63, 3.8) is 0 Å². The topological polar surface area (TPSA) is 49.0 Å². The molecule has 0 unspecified atom stereocenters. The van der Waals surface area contributed by atoms with Gasteiger partial charge in [0.25, 0.3) is 5.56 Å². The highest BCUT2D eigenvalue weighted by molar-refractivity contribution is 5.80. The lowest BCUT2D eigenvalue weighted by molar-refractivity contribution is 0.0627. The molecule has 0 amide bonds. The largest absolute Gasteiger partial charge is 0.381 e. The fourth-order valence-electron chi connectivity index (χ4n) is 3.87. The van der Waals surface area contributed by atoms with Crippen LogP contribution < -0.4 is 5.56 Å². The van der Waals surface area contributed by atoms with E-state index in [9.17, 15) is 4.79 Å². The Morgan fingerprint density at radius 2 is 2.00 bits per heavy atom. The van der Waals surface area contributed by atoms with Gasteiger partial charge in [0.15, 0.2) is 0 Å². The van der Waals surface area contributed by atoms with Crippen LogP contribution >= 0.6 is 0 Å². The standard InChI is InChI=1S/C21H25N3O2/c1-15-13-17(14-23(2)21(15)25)20-22-18-5-3-4-6-19(18)24(20)10-7-16-8-11-26-12-9-16/h3-6,13-14,16H,7-12H2,1-2H3.